The molecule has 1 aromatic rings. The number of carbonyl (C=O) groups excluding carboxylic acids is 1. The summed E-state index contributed by atoms with van der Waals surface area (Å²) in [5, 5.41) is 9.25. The number of benzene rings is 1. The lowest BCUT2D eigenvalue weighted by atomic mass is 9.75. The van der Waals surface area contributed by atoms with E-state index in [0.29, 0.717) is 49.6 Å². The van der Waals surface area contributed by atoms with Gasteiger partial charge in [-0.25, -0.2) is 4.39 Å². The summed E-state index contributed by atoms with van der Waals surface area (Å²) >= 11 is 0. The van der Waals surface area contributed by atoms with E-state index >= 15 is 0 Å². The fourth-order valence-electron chi connectivity index (χ4n) is 4.66. The highest BCUT2D eigenvalue weighted by molar-refractivity contribution is 5.78. The van der Waals surface area contributed by atoms with Crippen molar-refractivity contribution in [2.24, 2.45) is 17.8 Å². The summed E-state index contributed by atoms with van der Waals surface area (Å²) < 4.78 is 20.0. The van der Waals surface area contributed by atoms with Gasteiger partial charge in [0.15, 0.2) is 0 Å². The van der Waals surface area contributed by atoms with Gasteiger partial charge in [0.25, 0.3) is 0 Å². The maximum atomic E-state index is 13.9. The van der Waals surface area contributed by atoms with Gasteiger partial charge in [0.05, 0.1) is 11.8 Å². The van der Waals surface area contributed by atoms with Crippen molar-refractivity contribution in [3.05, 3.63) is 29.6 Å². The van der Waals surface area contributed by atoms with Gasteiger partial charge in [0, 0.05) is 26.2 Å². The first-order chi connectivity index (χ1) is 13.9. The maximum Gasteiger partial charge on any atom is 0.248 e. The van der Waals surface area contributed by atoms with E-state index in [1.165, 1.54) is 18.9 Å². The molecule has 0 N–H and O–H groups in total. The monoisotopic (exact) mass is 401 g/mol. The molecule has 6 heteroatoms. The second-order valence-corrected chi connectivity index (χ2v) is 8.79. The van der Waals surface area contributed by atoms with E-state index in [2.05, 4.69) is 20.8 Å². The maximum absolute atomic E-state index is 13.9. The number of rotatable bonds is 5. The van der Waals surface area contributed by atoms with Gasteiger partial charge >= 0.3 is 0 Å². The first-order valence-corrected chi connectivity index (χ1v) is 10.7. The zero-order chi connectivity index (χ0) is 21.0. The number of anilines is 1. The number of nitrogens with zero attached hydrogens (tertiary/aromatic N) is 3. The van der Waals surface area contributed by atoms with Crippen molar-refractivity contribution < 1.29 is 13.9 Å². The average Bonchev–Trinajstić information content (AvgIpc) is 2.71. The van der Waals surface area contributed by atoms with Crippen molar-refractivity contribution in [1.82, 2.24) is 4.90 Å². The summed E-state index contributed by atoms with van der Waals surface area (Å²) in [6.45, 7) is 9.13. The van der Waals surface area contributed by atoms with Crippen LogP contribution in [0.5, 0.6) is 0 Å². The van der Waals surface area contributed by atoms with Crippen molar-refractivity contribution in [3.8, 4) is 6.07 Å². The molecule has 0 spiro atoms. The van der Waals surface area contributed by atoms with Gasteiger partial charge in [0.2, 0.25) is 5.91 Å². The highest BCUT2D eigenvalue weighted by Gasteiger charge is 2.32. The first kappa shape index (κ1) is 21.6. The average molecular weight is 402 g/mol. The number of hydrogen-bond acceptors (Lipinski definition) is 4. The number of hydrogen-bond donors (Lipinski definition) is 0. The van der Waals surface area contributed by atoms with Gasteiger partial charge in [0.1, 0.15) is 24.1 Å². The summed E-state index contributed by atoms with van der Waals surface area (Å²) in [5.41, 5.74) is 0.675. The Hall–Kier alpha value is -2.13. The molecule has 0 radical (unpaired) electrons. The van der Waals surface area contributed by atoms with Crippen molar-refractivity contribution in [2.45, 2.75) is 46.1 Å². The molecule has 3 rings (SSSR count). The molecule has 2 fully saturated rings. The van der Waals surface area contributed by atoms with Crippen LogP contribution in [0, 0.1) is 34.9 Å². The van der Waals surface area contributed by atoms with Crippen LogP contribution < -0.4 is 4.90 Å². The van der Waals surface area contributed by atoms with Crippen LogP contribution in [0.2, 0.25) is 0 Å². The van der Waals surface area contributed by atoms with Crippen LogP contribution in [0.1, 0.15) is 45.6 Å². The molecule has 0 aromatic heterocycles. The molecule has 1 saturated carbocycles. The van der Waals surface area contributed by atoms with Crippen LogP contribution in [0.25, 0.3) is 0 Å². The molecule has 1 amide bonds. The predicted molar refractivity (Wildman–Crippen MR) is 111 cm³/mol. The Balaban J connectivity index is 1.53. The molecule has 1 aliphatic carbocycles. The number of carbonyl (C=O) groups is 1. The lowest BCUT2D eigenvalue weighted by Gasteiger charge is -2.38. The summed E-state index contributed by atoms with van der Waals surface area (Å²) in [6, 6.07) is 6.63. The third-order valence-corrected chi connectivity index (χ3v) is 6.46. The van der Waals surface area contributed by atoms with Crippen LogP contribution in [0.4, 0.5) is 10.1 Å². The Morgan fingerprint density at radius 1 is 1.28 bits per heavy atom. The van der Waals surface area contributed by atoms with Gasteiger partial charge in [-0.05, 0) is 42.7 Å². The second kappa shape index (κ2) is 9.58. The molecule has 3 atom stereocenters. The molecule has 1 aliphatic heterocycles. The molecule has 1 aromatic carbocycles. The highest BCUT2D eigenvalue weighted by Crippen LogP contribution is 2.35. The number of piperazine rings is 1. The molecule has 158 valence electrons. The van der Waals surface area contributed by atoms with Gasteiger partial charge < -0.3 is 14.5 Å². The van der Waals surface area contributed by atoms with E-state index < -0.39 is 5.82 Å². The van der Waals surface area contributed by atoms with Crippen molar-refractivity contribution >= 4 is 11.6 Å². The third-order valence-electron chi connectivity index (χ3n) is 6.46. The van der Waals surface area contributed by atoms with Gasteiger partial charge in [-0.2, -0.15) is 5.26 Å². The third kappa shape index (κ3) is 5.08. The highest BCUT2D eigenvalue weighted by atomic mass is 19.1. The number of ether oxygens (including phenoxy) is 1. The molecule has 0 unspecified atom stereocenters. The number of nitriles is 1. The second-order valence-electron chi connectivity index (χ2n) is 8.79. The van der Waals surface area contributed by atoms with E-state index in [1.54, 1.807) is 12.1 Å². The Morgan fingerprint density at radius 3 is 2.66 bits per heavy atom. The topological polar surface area (TPSA) is 56.6 Å². The van der Waals surface area contributed by atoms with Gasteiger partial charge in [-0.1, -0.05) is 33.3 Å². The molecule has 2 aliphatic rings. The van der Waals surface area contributed by atoms with E-state index in [9.17, 15) is 14.4 Å². The molecular formula is C23H32FN3O2. The minimum Gasteiger partial charge on any atom is -0.368 e. The fraction of sp³-hybridized carbons (Fsp3) is 0.652. The van der Waals surface area contributed by atoms with Crippen molar-refractivity contribution in [3.63, 3.8) is 0 Å². The van der Waals surface area contributed by atoms with Crippen LogP contribution in [-0.4, -0.2) is 49.7 Å². The standard InChI is InChI=1S/C23H32FN3O2/c1-16(2)18-8-7-17(3)13-22(18)29-15-23(28)27-11-9-26(10-12-27)21-6-4-5-20(24)19(21)14-25/h4-6,16-18,22H,7-13,15H2,1-3H3/t17-,18+,22+/m1/s1. The summed E-state index contributed by atoms with van der Waals surface area (Å²) in [6.07, 6.45) is 3.60. The first-order valence-electron chi connectivity index (χ1n) is 10.7. The van der Waals surface area contributed by atoms with Crippen LogP contribution >= 0.6 is 0 Å². The largest absolute Gasteiger partial charge is 0.368 e. The van der Waals surface area contributed by atoms with Crippen molar-refractivity contribution in [2.75, 3.05) is 37.7 Å². The quantitative estimate of drug-likeness (QED) is 0.753. The SMILES string of the molecule is CC(C)[C@@H]1CC[C@@H](C)C[C@@H]1OCC(=O)N1CCN(c2cccc(F)c2C#N)CC1. The molecule has 1 saturated heterocycles. The molecule has 1 heterocycles. The predicted octanol–water partition coefficient (Wildman–Crippen LogP) is 3.82. The summed E-state index contributed by atoms with van der Waals surface area (Å²) in [4.78, 5) is 16.5. The molecule has 5 nitrogen and oxygen atoms in total. The van der Waals surface area contributed by atoms with Crippen LogP contribution in [0.15, 0.2) is 18.2 Å². The van der Waals surface area contributed by atoms with Gasteiger partial charge in [-0.3, -0.25) is 4.79 Å². The normalized spacial score (nSPS) is 25.2. The smallest absolute Gasteiger partial charge is 0.248 e. The fourth-order valence-corrected chi connectivity index (χ4v) is 4.66. The van der Waals surface area contributed by atoms with Gasteiger partial charge in [-0.15, -0.1) is 0 Å². The molecule has 0 bridgehead atoms. The minimum atomic E-state index is -0.502. The van der Waals surface area contributed by atoms with Crippen LogP contribution in [-0.2, 0) is 9.53 Å². The van der Waals surface area contributed by atoms with E-state index in [1.807, 2.05) is 15.9 Å². The Labute approximate surface area is 173 Å². The summed E-state index contributed by atoms with van der Waals surface area (Å²) in [7, 11) is 0. The Morgan fingerprint density at radius 2 is 2.00 bits per heavy atom. The minimum absolute atomic E-state index is 0.0186. The molecule has 29 heavy (non-hydrogen) atoms. The number of amides is 1. The van der Waals surface area contributed by atoms with Crippen LogP contribution in [0.3, 0.4) is 0 Å². The van der Waals surface area contributed by atoms with E-state index in [4.69, 9.17) is 4.74 Å². The lowest BCUT2D eigenvalue weighted by Crippen LogP contribution is -2.50. The number of halogens is 1. The Bertz CT molecular complexity index is 753. The zero-order valence-electron chi connectivity index (χ0n) is 17.7. The molecular weight excluding hydrogens is 369 g/mol. The van der Waals surface area contributed by atoms with Crippen molar-refractivity contribution in [1.29, 1.82) is 5.26 Å². The Kier molecular flexibility index (Phi) is 7.13. The van der Waals surface area contributed by atoms with E-state index in [0.717, 1.165) is 6.42 Å². The lowest BCUT2D eigenvalue weighted by molar-refractivity contribution is -0.141. The van der Waals surface area contributed by atoms with E-state index in [-0.39, 0.29) is 24.2 Å². The zero-order valence-corrected chi connectivity index (χ0v) is 17.7. The summed E-state index contributed by atoms with van der Waals surface area (Å²) in [5.74, 6) is 1.25.